The van der Waals surface area contributed by atoms with E-state index in [0.717, 1.165) is 35.4 Å². The third kappa shape index (κ3) is 4.16. The molecule has 0 saturated carbocycles. The highest BCUT2D eigenvalue weighted by molar-refractivity contribution is 5.89. The van der Waals surface area contributed by atoms with Crippen molar-refractivity contribution in [2.75, 3.05) is 26.9 Å². The van der Waals surface area contributed by atoms with Gasteiger partial charge in [-0.15, -0.1) is 0 Å². The number of amides is 1. The SMILES string of the molecule is COc1cccc(-c2nccc(C3CCCN3C(=O)C3(c4cccc(F)c4)CCOCC3)n2)c1. The van der Waals surface area contributed by atoms with Crippen molar-refractivity contribution in [3.8, 4) is 17.1 Å². The Balaban J connectivity index is 1.48. The molecule has 1 aromatic heterocycles. The summed E-state index contributed by atoms with van der Waals surface area (Å²) in [5, 5.41) is 0. The maximum atomic E-state index is 14.2. The van der Waals surface area contributed by atoms with E-state index in [2.05, 4.69) is 4.98 Å². The van der Waals surface area contributed by atoms with Crippen molar-refractivity contribution in [2.24, 2.45) is 0 Å². The quantitative estimate of drug-likeness (QED) is 0.551. The van der Waals surface area contributed by atoms with E-state index in [1.165, 1.54) is 12.1 Å². The third-order valence-electron chi connectivity index (χ3n) is 6.99. The summed E-state index contributed by atoms with van der Waals surface area (Å²) in [6.45, 7) is 1.61. The smallest absolute Gasteiger partial charge is 0.233 e. The Morgan fingerprint density at radius 1 is 1.15 bits per heavy atom. The summed E-state index contributed by atoms with van der Waals surface area (Å²) < 4.78 is 25.1. The number of nitrogens with zero attached hydrogens (tertiary/aromatic N) is 3. The number of rotatable bonds is 5. The fraction of sp³-hybridized carbons (Fsp3) is 0.370. The highest BCUT2D eigenvalue weighted by Gasteiger charge is 2.47. The summed E-state index contributed by atoms with van der Waals surface area (Å²) in [4.78, 5) is 25.4. The van der Waals surface area contributed by atoms with E-state index in [0.29, 0.717) is 38.4 Å². The minimum atomic E-state index is -0.786. The minimum Gasteiger partial charge on any atom is -0.497 e. The van der Waals surface area contributed by atoms with Crippen molar-refractivity contribution in [1.82, 2.24) is 14.9 Å². The summed E-state index contributed by atoms with van der Waals surface area (Å²) in [6.07, 6.45) is 4.55. The molecular weight excluding hydrogens is 433 g/mol. The second kappa shape index (κ2) is 9.50. The van der Waals surface area contributed by atoms with Gasteiger partial charge in [0.25, 0.3) is 0 Å². The molecule has 3 aromatic rings. The van der Waals surface area contributed by atoms with Crippen LogP contribution in [0.2, 0.25) is 0 Å². The standard InChI is InChI=1S/C27H28FN3O3/c1-33-22-8-2-5-19(17-22)25-29-13-10-23(30-25)24-9-4-14-31(24)26(32)27(11-15-34-16-12-27)20-6-3-7-21(28)18-20/h2-3,5-8,10,13,17-18,24H,4,9,11-12,14-16H2,1H3. The van der Waals surface area contributed by atoms with Crippen LogP contribution in [0.4, 0.5) is 4.39 Å². The van der Waals surface area contributed by atoms with Crippen LogP contribution in [0.1, 0.15) is 43.0 Å². The summed E-state index contributed by atoms with van der Waals surface area (Å²) in [5.74, 6) is 1.04. The van der Waals surface area contributed by atoms with E-state index >= 15 is 0 Å². The molecule has 1 atom stereocenters. The number of carbonyl (C=O) groups is 1. The van der Waals surface area contributed by atoms with Crippen LogP contribution >= 0.6 is 0 Å². The van der Waals surface area contributed by atoms with E-state index in [1.807, 2.05) is 41.3 Å². The second-order valence-electron chi connectivity index (χ2n) is 8.90. The number of halogens is 1. The van der Waals surface area contributed by atoms with Crippen molar-refractivity contribution in [1.29, 1.82) is 0 Å². The molecule has 5 rings (SSSR count). The topological polar surface area (TPSA) is 64.5 Å². The largest absolute Gasteiger partial charge is 0.497 e. The summed E-state index contributed by atoms with van der Waals surface area (Å²) in [5.41, 5.74) is 1.62. The predicted octanol–water partition coefficient (Wildman–Crippen LogP) is 4.70. The number of hydrogen-bond donors (Lipinski definition) is 0. The van der Waals surface area contributed by atoms with Gasteiger partial charge in [-0.1, -0.05) is 24.3 Å². The summed E-state index contributed by atoms with van der Waals surface area (Å²) >= 11 is 0. The lowest BCUT2D eigenvalue weighted by Crippen LogP contribution is -2.49. The average Bonchev–Trinajstić information content (AvgIpc) is 3.39. The van der Waals surface area contributed by atoms with Gasteiger partial charge in [0, 0.05) is 31.5 Å². The molecule has 0 bridgehead atoms. The van der Waals surface area contributed by atoms with Crippen LogP contribution in [0.5, 0.6) is 5.75 Å². The van der Waals surface area contributed by atoms with Crippen LogP contribution < -0.4 is 4.74 Å². The molecule has 7 heteroatoms. The molecule has 1 amide bonds. The van der Waals surface area contributed by atoms with Gasteiger partial charge in [0.2, 0.25) is 5.91 Å². The van der Waals surface area contributed by atoms with Crippen molar-refractivity contribution in [3.05, 3.63) is 77.9 Å². The van der Waals surface area contributed by atoms with E-state index in [-0.39, 0.29) is 17.8 Å². The van der Waals surface area contributed by atoms with E-state index < -0.39 is 5.41 Å². The first kappa shape index (κ1) is 22.5. The lowest BCUT2D eigenvalue weighted by Gasteiger charge is -2.40. The second-order valence-corrected chi connectivity index (χ2v) is 8.90. The van der Waals surface area contributed by atoms with Crippen molar-refractivity contribution < 1.29 is 18.7 Å². The van der Waals surface area contributed by atoms with Gasteiger partial charge in [-0.05, 0) is 61.6 Å². The van der Waals surface area contributed by atoms with Gasteiger partial charge in [-0.25, -0.2) is 14.4 Å². The Bertz CT molecular complexity index is 1180. The fourth-order valence-electron chi connectivity index (χ4n) is 5.18. The number of carbonyl (C=O) groups excluding carboxylic acids is 1. The first-order valence-electron chi connectivity index (χ1n) is 11.7. The molecule has 6 nitrogen and oxygen atoms in total. The van der Waals surface area contributed by atoms with Gasteiger partial charge in [0.1, 0.15) is 11.6 Å². The van der Waals surface area contributed by atoms with Gasteiger partial charge in [0.15, 0.2) is 5.82 Å². The number of aromatic nitrogens is 2. The molecular formula is C27H28FN3O3. The van der Waals surface area contributed by atoms with Crippen LogP contribution in [0, 0.1) is 5.82 Å². The van der Waals surface area contributed by atoms with E-state index in [9.17, 15) is 9.18 Å². The van der Waals surface area contributed by atoms with Crippen molar-refractivity contribution in [3.63, 3.8) is 0 Å². The predicted molar refractivity (Wildman–Crippen MR) is 126 cm³/mol. The Kier molecular flexibility index (Phi) is 6.28. The number of likely N-dealkylation sites (tertiary alicyclic amines) is 1. The molecule has 2 fully saturated rings. The number of methoxy groups -OCH3 is 1. The zero-order valence-corrected chi connectivity index (χ0v) is 19.2. The number of benzene rings is 2. The number of hydrogen-bond acceptors (Lipinski definition) is 5. The molecule has 2 aromatic carbocycles. The highest BCUT2D eigenvalue weighted by Crippen LogP contribution is 2.42. The molecule has 34 heavy (non-hydrogen) atoms. The van der Waals surface area contributed by atoms with Gasteiger partial charge >= 0.3 is 0 Å². The van der Waals surface area contributed by atoms with Crippen LogP contribution in [0.25, 0.3) is 11.4 Å². The third-order valence-corrected chi connectivity index (χ3v) is 6.99. The Labute approximate surface area is 198 Å². The van der Waals surface area contributed by atoms with Gasteiger partial charge in [0.05, 0.1) is 24.3 Å². The van der Waals surface area contributed by atoms with Crippen LogP contribution in [-0.4, -0.2) is 47.6 Å². The maximum Gasteiger partial charge on any atom is 0.233 e. The first-order valence-corrected chi connectivity index (χ1v) is 11.7. The Morgan fingerprint density at radius 3 is 2.76 bits per heavy atom. The number of ether oxygens (including phenoxy) is 2. The van der Waals surface area contributed by atoms with Crippen LogP contribution in [0.15, 0.2) is 60.8 Å². The minimum absolute atomic E-state index is 0.0328. The highest BCUT2D eigenvalue weighted by atomic mass is 19.1. The average molecular weight is 462 g/mol. The molecule has 3 heterocycles. The van der Waals surface area contributed by atoms with Gasteiger partial charge in [-0.2, -0.15) is 0 Å². The molecule has 176 valence electrons. The van der Waals surface area contributed by atoms with Crippen LogP contribution in [-0.2, 0) is 14.9 Å². The Hall–Kier alpha value is -3.32. The van der Waals surface area contributed by atoms with Crippen molar-refractivity contribution in [2.45, 2.75) is 37.1 Å². The molecule has 1 unspecified atom stereocenters. The summed E-state index contributed by atoms with van der Waals surface area (Å²) in [6, 6.07) is 15.8. The molecule has 2 saturated heterocycles. The molecule has 2 aliphatic heterocycles. The van der Waals surface area contributed by atoms with E-state index in [4.69, 9.17) is 14.5 Å². The normalized spacial score (nSPS) is 19.7. The molecule has 0 N–H and O–H groups in total. The zero-order valence-electron chi connectivity index (χ0n) is 19.2. The first-order chi connectivity index (χ1) is 16.6. The lowest BCUT2D eigenvalue weighted by molar-refractivity contribution is -0.142. The maximum absolute atomic E-state index is 14.2. The lowest BCUT2D eigenvalue weighted by atomic mass is 9.72. The van der Waals surface area contributed by atoms with Gasteiger partial charge < -0.3 is 14.4 Å². The monoisotopic (exact) mass is 461 g/mol. The molecule has 0 spiro atoms. The van der Waals surface area contributed by atoms with Crippen LogP contribution in [0.3, 0.4) is 0 Å². The fourth-order valence-corrected chi connectivity index (χ4v) is 5.18. The zero-order chi connectivity index (χ0) is 23.5. The molecule has 2 aliphatic rings. The molecule has 0 aliphatic carbocycles. The van der Waals surface area contributed by atoms with Crippen molar-refractivity contribution >= 4 is 5.91 Å². The summed E-state index contributed by atoms with van der Waals surface area (Å²) in [7, 11) is 1.63. The van der Waals surface area contributed by atoms with E-state index in [1.54, 1.807) is 19.4 Å². The van der Waals surface area contributed by atoms with Gasteiger partial charge in [-0.3, -0.25) is 4.79 Å². The molecule has 0 radical (unpaired) electrons. The Morgan fingerprint density at radius 2 is 1.97 bits per heavy atom.